The van der Waals surface area contributed by atoms with E-state index in [9.17, 15) is 5.21 Å². The number of likely N-dealkylation sites (N-methyl/N-ethyl adjacent to an activating group) is 1. The highest BCUT2D eigenvalue weighted by Crippen LogP contribution is 2.50. The summed E-state index contributed by atoms with van der Waals surface area (Å²) in [5.41, 5.74) is 3.79. The summed E-state index contributed by atoms with van der Waals surface area (Å²) >= 11 is 3.44. The molecule has 0 saturated heterocycles. The smallest absolute Gasteiger partial charge is 0.231 e. The Labute approximate surface area is 166 Å². The Morgan fingerprint density at radius 1 is 1.33 bits per heavy atom. The van der Waals surface area contributed by atoms with Crippen molar-refractivity contribution in [1.82, 2.24) is 4.90 Å². The van der Waals surface area contributed by atoms with Gasteiger partial charge in [0.1, 0.15) is 0 Å². The van der Waals surface area contributed by atoms with E-state index in [1.165, 1.54) is 5.56 Å². The molecule has 0 fully saturated rings. The maximum Gasteiger partial charge on any atom is 0.231 e. The molecule has 2 aromatic carbocycles. The van der Waals surface area contributed by atoms with E-state index in [4.69, 9.17) is 14.2 Å². The Hall–Kier alpha value is -2.25. The second-order valence-electron chi connectivity index (χ2n) is 6.72. The first-order valence-corrected chi connectivity index (χ1v) is 9.58. The Morgan fingerprint density at radius 2 is 2.11 bits per heavy atom. The highest BCUT2D eigenvalue weighted by atomic mass is 79.9. The zero-order valence-corrected chi connectivity index (χ0v) is 16.8. The molecule has 0 unspecified atom stereocenters. The standard InChI is InChI=1S/C20H21BrN2O4/c1-23-8-7-13-9-17-19(27-11-26-17)20(25-2)18(13)16(23)10-15(22-24)12-3-5-14(21)6-4-12/h3-6,9,16,24H,7-8,10-11H2,1-2H3/t16-/m0/s1. The minimum Gasteiger partial charge on any atom is -0.492 e. The molecule has 0 aromatic heterocycles. The first-order valence-electron chi connectivity index (χ1n) is 8.78. The summed E-state index contributed by atoms with van der Waals surface area (Å²) in [4.78, 5) is 2.26. The van der Waals surface area contributed by atoms with Crippen LogP contribution in [-0.2, 0) is 6.42 Å². The number of hydrogen-bond donors (Lipinski definition) is 1. The predicted molar refractivity (Wildman–Crippen MR) is 105 cm³/mol. The first kappa shape index (κ1) is 18.1. The highest BCUT2D eigenvalue weighted by Gasteiger charge is 2.34. The van der Waals surface area contributed by atoms with Gasteiger partial charge < -0.3 is 19.4 Å². The number of hydrogen-bond acceptors (Lipinski definition) is 6. The van der Waals surface area contributed by atoms with Gasteiger partial charge in [-0.15, -0.1) is 0 Å². The second kappa shape index (κ2) is 7.40. The van der Waals surface area contributed by atoms with E-state index in [1.54, 1.807) is 7.11 Å². The molecule has 2 aliphatic rings. The van der Waals surface area contributed by atoms with Crippen LogP contribution in [0.1, 0.15) is 29.2 Å². The molecule has 2 aromatic rings. The third kappa shape index (κ3) is 3.26. The van der Waals surface area contributed by atoms with Crippen LogP contribution in [0.5, 0.6) is 17.2 Å². The normalized spacial score (nSPS) is 19.1. The van der Waals surface area contributed by atoms with Gasteiger partial charge >= 0.3 is 0 Å². The van der Waals surface area contributed by atoms with E-state index >= 15 is 0 Å². The second-order valence-corrected chi connectivity index (χ2v) is 7.64. The van der Waals surface area contributed by atoms with Crippen LogP contribution in [0.4, 0.5) is 0 Å². The Bertz CT molecular complexity index is 883. The Kier molecular flexibility index (Phi) is 4.97. The van der Waals surface area contributed by atoms with E-state index in [2.05, 4.69) is 39.1 Å². The maximum atomic E-state index is 9.68. The summed E-state index contributed by atoms with van der Waals surface area (Å²) in [6.45, 7) is 1.11. The van der Waals surface area contributed by atoms with Crippen LogP contribution in [0.3, 0.4) is 0 Å². The molecule has 0 aliphatic carbocycles. The van der Waals surface area contributed by atoms with Crippen LogP contribution in [0, 0.1) is 0 Å². The number of nitrogens with zero attached hydrogens (tertiary/aromatic N) is 2. The molecule has 0 radical (unpaired) electrons. The molecule has 27 heavy (non-hydrogen) atoms. The van der Waals surface area contributed by atoms with Crippen LogP contribution in [0.2, 0.25) is 0 Å². The summed E-state index contributed by atoms with van der Waals surface area (Å²) in [7, 11) is 3.73. The van der Waals surface area contributed by atoms with Gasteiger partial charge in [-0.2, -0.15) is 0 Å². The van der Waals surface area contributed by atoms with Crippen molar-refractivity contribution in [2.24, 2.45) is 5.16 Å². The summed E-state index contributed by atoms with van der Waals surface area (Å²) in [5.74, 6) is 2.10. The van der Waals surface area contributed by atoms with Crippen molar-refractivity contribution < 1.29 is 19.4 Å². The fourth-order valence-corrected chi connectivity index (χ4v) is 4.09. The fraction of sp³-hybridized carbons (Fsp3) is 0.350. The zero-order valence-electron chi connectivity index (χ0n) is 15.2. The summed E-state index contributed by atoms with van der Waals surface area (Å²) in [6.07, 6.45) is 1.46. The third-order valence-corrected chi connectivity index (χ3v) is 5.76. The van der Waals surface area contributed by atoms with Crippen LogP contribution in [0.25, 0.3) is 0 Å². The van der Waals surface area contributed by atoms with Gasteiger partial charge in [-0.1, -0.05) is 33.2 Å². The number of halogens is 1. The summed E-state index contributed by atoms with van der Waals surface area (Å²) in [5, 5.41) is 13.3. The number of fused-ring (bicyclic) bond motifs is 2. The first-order chi connectivity index (χ1) is 13.1. The van der Waals surface area contributed by atoms with Crippen LogP contribution in [-0.4, -0.2) is 43.3 Å². The van der Waals surface area contributed by atoms with Gasteiger partial charge in [0.2, 0.25) is 12.5 Å². The zero-order chi connectivity index (χ0) is 19.0. The molecule has 0 amide bonds. The lowest BCUT2D eigenvalue weighted by Gasteiger charge is -2.36. The number of benzene rings is 2. The van der Waals surface area contributed by atoms with Gasteiger partial charge in [0, 0.05) is 29.0 Å². The molecule has 2 aliphatic heterocycles. The molecule has 1 N–H and O–H groups in total. The largest absolute Gasteiger partial charge is 0.492 e. The Morgan fingerprint density at radius 3 is 2.81 bits per heavy atom. The predicted octanol–water partition coefficient (Wildman–Crippen LogP) is 3.98. The topological polar surface area (TPSA) is 63.5 Å². The van der Waals surface area contributed by atoms with Crippen molar-refractivity contribution in [2.75, 3.05) is 27.5 Å². The van der Waals surface area contributed by atoms with Gasteiger partial charge in [-0.05, 0) is 42.8 Å². The molecule has 2 heterocycles. The minimum absolute atomic E-state index is 0.00717. The summed E-state index contributed by atoms with van der Waals surface area (Å²) in [6, 6.07) is 9.83. The molecule has 0 bridgehead atoms. The minimum atomic E-state index is 0.00717. The van der Waals surface area contributed by atoms with Gasteiger partial charge in [0.15, 0.2) is 11.5 Å². The quantitative estimate of drug-likeness (QED) is 0.449. The Balaban J connectivity index is 1.75. The molecular weight excluding hydrogens is 412 g/mol. The van der Waals surface area contributed by atoms with E-state index in [0.717, 1.165) is 34.3 Å². The van der Waals surface area contributed by atoms with E-state index in [1.807, 2.05) is 24.3 Å². The molecule has 142 valence electrons. The summed E-state index contributed by atoms with van der Waals surface area (Å²) < 4.78 is 17.9. The maximum absolute atomic E-state index is 9.68. The van der Waals surface area contributed by atoms with E-state index < -0.39 is 0 Å². The van der Waals surface area contributed by atoms with Crippen molar-refractivity contribution in [3.05, 3.63) is 51.5 Å². The van der Waals surface area contributed by atoms with Gasteiger partial charge in [-0.3, -0.25) is 4.90 Å². The van der Waals surface area contributed by atoms with Crippen molar-refractivity contribution in [3.63, 3.8) is 0 Å². The van der Waals surface area contributed by atoms with Gasteiger partial charge in [-0.25, -0.2) is 0 Å². The molecular formula is C20H21BrN2O4. The van der Waals surface area contributed by atoms with Gasteiger partial charge in [0.25, 0.3) is 0 Å². The van der Waals surface area contributed by atoms with Crippen LogP contribution in [0.15, 0.2) is 40.0 Å². The molecule has 0 spiro atoms. The molecule has 0 saturated carbocycles. The lowest BCUT2D eigenvalue weighted by atomic mass is 9.87. The van der Waals surface area contributed by atoms with Crippen molar-refractivity contribution >= 4 is 21.6 Å². The van der Waals surface area contributed by atoms with Crippen molar-refractivity contribution in [3.8, 4) is 17.2 Å². The number of methoxy groups -OCH3 is 1. The van der Waals surface area contributed by atoms with Crippen LogP contribution >= 0.6 is 15.9 Å². The average molecular weight is 433 g/mol. The lowest BCUT2D eigenvalue weighted by Crippen LogP contribution is -2.34. The van der Waals surface area contributed by atoms with E-state index in [-0.39, 0.29) is 12.8 Å². The monoisotopic (exact) mass is 432 g/mol. The average Bonchev–Trinajstić information content (AvgIpc) is 3.15. The molecule has 7 heteroatoms. The van der Waals surface area contributed by atoms with Crippen molar-refractivity contribution in [1.29, 1.82) is 0 Å². The van der Waals surface area contributed by atoms with E-state index in [0.29, 0.717) is 23.6 Å². The SMILES string of the molecule is COc1c2c(cc3c1[C@H](CC(=NO)c1ccc(Br)cc1)N(C)CC3)OCO2. The lowest BCUT2D eigenvalue weighted by molar-refractivity contribution is 0.170. The van der Waals surface area contributed by atoms with Crippen molar-refractivity contribution in [2.45, 2.75) is 18.9 Å². The molecule has 1 atom stereocenters. The number of oxime groups is 1. The third-order valence-electron chi connectivity index (χ3n) is 5.23. The number of rotatable bonds is 4. The fourth-order valence-electron chi connectivity index (χ4n) is 3.82. The van der Waals surface area contributed by atoms with Crippen LogP contribution < -0.4 is 14.2 Å². The molecule has 4 rings (SSSR count). The van der Waals surface area contributed by atoms with Gasteiger partial charge in [0.05, 0.1) is 12.8 Å². The highest BCUT2D eigenvalue weighted by molar-refractivity contribution is 9.10. The molecule has 6 nitrogen and oxygen atoms in total. The number of ether oxygens (including phenoxy) is 3.